The first-order valence-electron chi connectivity index (χ1n) is 7.28. The van der Waals surface area contributed by atoms with Gasteiger partial charge in [0.05, 0.1) is 18.8 Å². The van der Waals surface area contributed by atoms with Crippen molar-refractivity contribution in [3.63, 3.8) is 0 Å². The number of carbonyl (C=O) groups excluding carboxylic acids is 1. The molecule has 1 N–H and O–H groups in total. The fourth-order valence-corrected chi connectivity index (χ4v) is 2.68. The lowest BCUT2D eigenvalue weighted by Gasteiger charge is -2.38. The van der Waals surface area contributed by atoms with Crippen LogP contribution in [0.5, 0.6) is 5.75 Å². The van der Waals surface area contributed by atoms with Gasteiger partial charge in [0.2, 0.25) is 0 Å². The highest BCUT2D eigenvalue weighted by molar-refractivity contribution is 5.95. The molecule has 2 atom stereocenters. The third-order valence-corrected chi connectivity index (χ3v) is 3.80. The van der Waals surface area contributed by atoms with Crippen LogP contribution < -0.4 is 0 Å². The maximum Gasteiger partial charge on any atom is 0.276 e. The van der Waals surface area contributed by atoms with Gasteiger partial charge in [-0.3, -0.25) is 4.79 Å². The van der Waals surface area contributed by atoms with Gasteiger partial charge in [-0.2, -0.15) is 0 Å². The molecule has 5 heteroatoms. The van der Waals surface area contributed by atoms with E-state index in [9.17, 15) is 9.90 Å². The normalized spacial score (nSPS) is 21.6. The Morgan fingerprint density at radius 1 is 1.27 bits per heavy atom. The summed E-state index contributed by atoms with van der Waals surface area (Å²) in [4.78, 5) is 18.5. The molecule has 3 rings (SSSR count). The van der Waals surface area contributed by atoms with Crippen molar-refractivity contribution in [1.29, 1.82) is 0 Å². The number of amides is 1. The van der Waals surface area contributed by atoms with E-state index in [-0.39, 0.29) is 29.5 Å². The molecular weight excluding hydrogens is 280 g/mol. The molecule has 0 spiro atoms. The molecule has 22 heavy (non-hydrogen) atoms. The predicted octanol–water partition coefficient (Wildman–Crippen LogP) is 2.39. The number of morpholine rings is 1. The first-order valence-corrected chi connectivity index (χ1v) is 7.28. The van der Waals surface area contributed by atoms with Crippen LogP contribution in [0.4, 0.5) is 0 Å². The van der Waals surface area contributed by atoms with Crippen LogP contribution in [0.15, 0.2) is 48.7 Å². The number of ether oxygens (including phenoxy) is 1. The molecule has 114 valence electrons. The molecule has 5 nitrogen and oxygen atoms in total. The Bertz CT molecular complexity index is 660. The van der Waals surface area contributed by atoms with Crippen LogP contribution in [0.1, 0.15) is 29.0 Å². The summed E-state index contributed by atoms with van der Waals surface area (Å²) in [6, 6.07) is 12.7. The second-order valence-corrected chi connectivity index (χ2v) is 5.40. The summed E-state index contributed by atoms with van der Waals surface area (Å²) < 4.78 is 5.71. The van der Waals surface area contributed by atoms with Crippen LogP contribution >= 0.6 is 0 Å². The molecule has 1 aliphatic rings. The minimum absolute atomic E-state index is 0.0465. The summed E-state index contributed by atoms with van der Waals surface area (Å²) >= 11 is 0. The van der Waals surface area contributed by atoms with Gasteiger partial charge in [-0.1, -0.05) is 30.3 Å². The number of hydrogen-bond donors (Lipinski definition) is 1. The first kappa shape index (κ1) is 14.5. The molecule has 0 bridgehead atoms. The molecule has 2 aromatic rings. The Balaban J connectivity index is 1.94. The molecule has 1 saturated heterocycles. The zero-order valence-corrected chi connectivity index (χ0v) is 12.3. The first-order chi connectivity index (χ1) is 10.7. The molecule has 0 unspecified atom stereocenters. The van der Waals surface area contributed by atoms with Crippen LogP contribution in [-0.4, -0.2) is 40.2 Å². The zero-order valence-electron chi connectivity index (χ0n) is 12.3. The van der Waals surface area contributed by atoms with Crippen LogP contribution in [0, 0.1) is 0 Å². The van der Waals surface area contributed by atoms with E-state index < -0.39 is 0 Å². The van der Waals surface area contributed by atoms with Crippen molar-refractivity contribution in [2.24, 2.45) is 0 Å². The highest BCUT2D eigenvalue weighted by Crippen LogP contribution is 2.29. The van der Waals surface area contributed by atoms with Gasteiger partial charge in [0, 0.05) is 12.7 Å². The van der Waals surface area contributed by atoms with Crippen LogP contribution in [0.2, 0.25) is 0 Å². The van der Waals surface area contributed by atoms with Gasteiger partial charge in [-0.25, -0.2) is 4.98 Å². The third kappa shape index (κ3) is 2.80. The number of benzene rings is 1. The topological polar surface area (TPSA) is 62.7 Å². The van der Waals surface area contributed by atoms with E-state index >= 15 is 0 Å². The Kier molecular flexibility index (Phi) is 4.06. The summed E-state index contributed by atoms with van der Waals surface area (Å²) in [5.74, 6) is -0.374. The molecule has 0 saturated carbocycles. The fourth-order valence-electron chi connectivity index (χ4n) is 2.68. The largest absolute Gasteiger partial charge is 0.505 e. The molecule has 1 aromatic carbocycles. The summed E-state index contributed by atoms with van der Waals surface area (Å²) in [7, 11) is 0. The Morgan fingerprint density at radius 3 is 2.77 bits per heavy atom. The second kappa shape index (κ2) is 6.15. The van der Waals surface area contributed by atoms with Gasteiger partial charge in [0.15, 0.2) is 5.69 Å². The van der Waals surface area contributed by atoms with E-state index in [1.807, 2.05) is 37.3 Å². The van der Waals surface area contributed by atoms with Gasteiger partial charge >= 0.3 is 0 Å². The zero-order chi connectivity index (χ0) is 15.5. The molecule has 1 fully saturated rings. The number of aromatic hydroxyl groups is 1. The number of carbonyl (C=O) groups is 1. The SMILES string of the molecule is C[C@@H]1CN(C(=O)c2ncccc2O)[C@H](c2ccccc2)CO1. The quantitative estimate of drug-likeness (QED) is 0.924. The average Bonchev–Trinajstić information content (AvgIpc) is 2.55. The van der Waals surface area contributed by atoms with E-state index in [1.54, 1.807) is 11.0 Å². The van der Waals surface area contributed by atoms with Gasteiger partial charge in [-0.15, -0.1) is 0 Å². The van der Waals surface area contributed by atoms with Gasteiger partial charge in [0.25, 0.3) is 5.91 Å². The Hall–Kier alpha value is -2.40. The standard InChI is InChI=1S/C17H18N2O3/c1-12-10-19(17(21)16-15(20)8-5-9-18-16)14(11-22-12)13-6-3-2-4-7-13/h2-9,12,14,20H,10-11H2,1H3/t12-,14+/m1/s1. The smallest absolute Gasteiger partial charge is 0.276 e. The van der Waals surface area contributed by atoms with Crippen molar-refractivity contribution < 1.29 is 14.6 Å². The van der Waals surface area contributed by atoms with E-state index in [4.69, 9.17) is 4.74 Å². The minimum atomic E-state index is -0.276. The molecule has 0 radical (unpaired) electrons. The molecule has 1 aromatic heterocycles. The van der Waals surface area contributed by atoms with Crippen molar-refractivity contribution in [3.8, 4) is 5.75 Å². The monoisotopic (exact) mass is 298 g/mol. The van der Waals surface area contributed by atoms with Crippen molar-refractivity contribution >= 4 is 5.91 Å². The van der Waals surface area contributed by atoms with E-state index in [0.29, 0.717) is 13.2 Å². The van der Waals surface area contributed by atoms with Crippen LogP contribution in [-0.2, 0) is 4.74 Å². The van der Waals surface area contributed by atoms with E-state index in [0.717, 1.165) is 5.56 Å². The lowest BCUT2D eigenvalue weighted by Crippen LogP contribution is -2.47. The third-order valence-electron chi connectivity index (χ3n) is 3.80. The number of aromatic nitrogens is 1. The van der Waals surface area contributed by atoms with Gasteiger partial charge < -0.3 is 14.7 Å². The van der Waals surface area contributed by atoms with Crippen molar-refractivity contribution in [2.45, 2.75) is 19.1 Å². The molecule has 1 aliphatic heterocycles. The predicted molar refractivity (Wildman–Crippen MR) is 81.5 cm³/mol. The van der Waals surface area contributed by atoms with Crippen molar-refractivity contribution in [1.82, 2.24) is 9.88 Å². The van der Waals surface area contributed by atoms with Crippen molar-refractivity contribution in [2.75, 3.05) is 13.2 Å². The molecule has 0 aliphatic carbocycles. The molecule has 1 amide bonds. The summed E-state index contributed by atoms with van der Waals surface area (Å²) in [6.07, 6.45) is 1.46. The lowest BCUT2D eigenvalue weighted by atomic mass is 10.0. The number of nitrogens with zero attached hydrogens (tertiary/aromatic N) is 2. The number of rotatable bonds is 2. The fraction of sp³-hybridized carbons (Fsp3) is 0.294. The second-order valence-electron chi connectivity index (χ2n) is 5.40. The van der Waals surface area contributed by atoms with Gasteiger partial charge in [0.1, 0.15) is 5.75 Å². The molecular formula is C17H18N2O3. The average molecular weight is 298 g/mol. The van der Waals surface area contributed by atoms with E-state index in [1.165, 1.54) is 12.3 Å². The Labute approximate surface area is 129 Å². The van der Waals surface area contributed by atoms with E-state index in [2.05, 4.69) is 4.98 Å². The lowest BCUT2D eigenvalue weighted by molar-refractivity contribution is -0.0450. The summed E-state index contributed by atoms with van der Waals surface area (Å²) in [5.41, 5.74) is 1.09. The van der Waals surface area contributed by atoms with Crippen LogP contribution in [0.25, 0.3) is 0 Å². The summed E-state index contributed by atoms with van der Waals surface area (Å²) in [6.45, 7) is 2.83. The Morgan fingerprint density at radius 2 is 2.05 bits per heavy atom. The minimum Gasteiger partial charge on any atom is -0.505 e. The maximum atomic E-state index is 12.8. The maximum absolute atomic E-state index is 12.8. The number of pyridine rings is 1. The van der Waals surface area contributed by atoms with Crippen LogP contribution in [0.3, 0.4) is 0 Å². The molecule has 2 heterocycles. The summed E-state index contributed by atoms with van der Waals surface area (Å²) in [5, 5.41) is 9.89. The van der Waals surface area contributed by atoms with Gasteiger partial charge in [-0.05, 0) is 24.6 Å². The van der Waals surface area contributed by atoms with Crippen molar-refractivity contribution in [3.05, 3.63) is 59.9 Å². The highest BCUT2D eigenvalue weighted by atomic mass is 16.5. The highest BCUT2D eigenvalue weighted by Gasteiger charge is 2.33. The number of hydrogen-bond acceptors (Lipinski definition) is 4.